The number of ether oxygens (including phenoxy) is 1. The van der Waals surface area contributed by atoms with E-state index in [-0.39, 0.29) is 24.4 Å². The van der Waals surface area contributed by atoms with Crippen molar-refractivity contribution in [1.29, 1.82) is 0 Å². The number of hydrogen-bond donors (Lipinski definition) is 1. The summed E-state index contributed by atoms with van der Waals surface area (Å²) in [5, 5.41) is 5.41. The third kappa shape index (κ3) is 5.40. The maximum Gasteiger partial charge on any atom is 0.224 e. The molecule has 20 heavy (non-hydrogen) atoms. The van der Waals surface area contributed by atoms with Crippen LogP contribution in [0.5, 0.6) is 0 Å². The average Bonchev–Trinajstić information content (AvgIpc) is 2.94. The van der Waals surface area contributed by atoms with Crippen molar-refractivity contribution in [2.75, 3.05) is 32.8 Å². The Morgan fingerprint density at radius 3 is 3.05 bits per heavy atom. The summed E-state index contributed by atoms with van der Waals surface area (Å²) in [6.45, 7) is 5.87. The number of hydrogen-bond acceptors (Lipinski definition) is 4. The van der Waals surface area contributed by atoms with E-state index in [0.29, 0.717) is 13.0 Å². The van der Waals surface area contributed by atoms with Crippen LogP contribution in [-0.4, -0.2) is 49.7 Å². The summed E-state index contributed by atoms with van der Waals surface area (Å²) in [4.78, 5) is 15.5. The highest BCUT2D eigenvalue weighted by Crippen LogP contribution is 2.11. The molecular formula is C14H23ClN2O2S. The maximum atomic E-state index is 12.2. The standard InChI is InChI=1S/C14H22N2O2S.ClH/c1-2-16(7-5-13-4-3-9-19-13)14(17)10-12-11-18-8-6-15-12;/h3-4,9,12,15H,2,5-8,10-11H2,1H3;1H. The first-order valence-electron chi connectivity index (χ1n) is 6.91. The number of thiophene rings is 1. The first-order chi connectivity index (χ1) is 9.29. The molecule has 0 spiro atoms. The Balaban J connectivity index is 0.00000200. The molecule has 0 aliphatic carbocycles. The number of rotatable bonds is 6. The van der Waals surface area contributed by atoms with Gasteiger partial charge in [-0.25, -0.2) is 0 Å². The van der Waals surface area contributed by atoms with Crippen molar-refractivity contribution in [3.05, 3.63) is 22.4 Å². The highest BCUT2D eigenvalue weighted by molar-refractivity contribution is 7.09. The Labute approximate surface area is 130 Å². The fraction of sp³-hybridized carbons (Fsp3) is 0.643. The van der Waals surface area contributed by atoms with E-state index in [2.05, 4.69) is 22.8 Å². The van der Waals surface area contributed by atoms with Crippen molar-refractivity contribution >= 4 is 29.7 Å². The Kier molecular flexibility index (Phi) is 8.14. The van der Waals surface area contributed by atoms with Crippen LogP contribution in [-0.2, 0) is 16.0 Å². The predicted molar refractivity (Wildman–Crippen MR) is 84.8 cm³/mol. The van der Waals surface area contributed by atoms with Gasteiger partial charge in [0.2, 0.25) is 5.91 Å². The van der Waals surface area contributed by atoms with Gasteiger partial charge in [-0.05, 0) is 24.8 Å². The van der Waals surface area contributed by atoms with E-state index in [0.717, 1.165) is 32.7 Å². The molecule has 0 saturated carbocycles. The van der Waals surface area contributed by atoms with Gasteiger partial charge in [-0.2, -0.15) is 0 Å². The Morgan fingerprint density at radius 2 is 2.45 bits per heavy atom. The fourth-order valence-corrected chi connectivity index (χ4v) is 2.95. The van der Waals surface area contributed by atoms with Crippen molar-refractivity contribution in [2.45, 2.75) is 25.8 Å². The van der Waals surface area contributed by atoms with Crippen LogP contribution in [0.3, 0.4) is 0 Å². The SMILES string of the molecule is CCN(CCc1cccs1)C(=O)CC1COCCN1.Cl. The lowest BCUT2D eigenvalue weighted by Gasteiger charge is -2.27. The second-order valence-electron chi connectivity index (χ2n) is 4.73. The molecule has 1 aromatic rings. The smallest absolute Gasteiger partial charge is 0.224 e. The Hall–Kier alpha value is -0.620. The van der Waals surface area contributed by atoms with Crippen molar-refractivity contribution in [3.8, 4) is 0 Å². The van der Waals surface area contributed by atoms with E-state index in [4.69, 9.17) is 4.74 Å². The van der Waals surface area contributed by atoms with Crippen LogP contribution in [0.15, 0.2) is 17.5 Å². The van der Waals surface area contributed by atoms with Gasteiger partial charge in [-0.3, -0.25) is 4.79 Å². The van der Waals surface area contributed by atoms with E-state index >= 15 is 0 Å². The van der Waals surface area contributed by atoms with Crippen molar-refractivity contribution < 1.29 is 9.53 Å². The van der Waals surface area contributed by atoms with Crippen LogP contribution in [0.4, 0.5) is 0 Å². The summed E-state index contributed by atoms with van der Waals surface area (Å²) in [6.07, 6.45) is 1.49. The van der Waals surface area contributed by atoms with Crippen LogP contribution in [0, 0.1) is 0 Å². The van der Waals surface area contributed by atoms with Crippen LogP contribution in [0.1, 0.15) is 18.2 Å². The molecular weight excluding hydrogens is 296 g/mol. The van der Waals surface area contributed by atoms with E-state index in [1.807, 2.05) is 11.8 Å². The number of nitrogens with one attached hydrogen (secondary N) is 1. The van der Waals surface area contributed by atoms with E-state index < -0.39 is 0 Å². The van der Waals surface area contributed by atoms with Crippen LogP contribution in [0.2, 0.25) is 0 Å². The van der Waals surface area contributed by atoms with Gasteiger partial charge in [-0.1, -0.05) is 6.07 Å². The predicted octanol–water partition coefficient (Wildman–Crippen LogP) is 1.94. The van der Waals surface area contributed by atoms with Gasteiger partial charge >= 0.3 is 0 Å². The first-order valence-corrected chi connectivity index (χ1v) is 7.79. The minimum absolute atomic E-state index is 0. The van der Waals surface area contributed by atoms with Gasteiger partial charge in [0.05, 0.1) is 13.2 Å². The molecule has 1 aliphatic heterocycles. The molecule has 1 amide bonds. The van der Waals surface area contributed by atoms with Gasteiger partial charge in [-0.15, -0.1) is 23.7 Å². The summed E-state index contributed by atoms with van der Waals surface area (Å²) in [5.41, 5.74) is 0. The molecule has 6 heteroatoms. The quantitative estimate of drug-likeness (QED) is 0.871. The number of likely N-dealkylation sites (N-methyl/N-ethyl adjacent to an activating group) is 1. The zero-order valence-corrected chi connectivity index (χ0v) is 13.5. The minimum Gasteiger partial charge on any atom is -0.378 e. The minimum atomic E-state index is 0. The van der Waals surface area contributed by atoms with Crippen LogP contribution >= 0.6 is 23.7 Å². The van der Waals surface area contributed by atoms with Gasteiger partial charge in [0.1, 0.15) is 0 Å². The van der Waals surface area contributed by atoms with Crippen LogP contribution < -0.4 is 5.32 Å². The van der Waals surface area contributed by atoms with E-state index in [1.54, 1.807) is 11.3 Å². The summed E-state index contributed by atoms with van der Waals surface area (Å²) >= 11 is 1.75. The first kappa shape index (κ1) is 17.4. The largest absolute Gasteiger partial charge is 0.378 e. The van der Waals surface area contributed by atoms with Crippen molar-refractivity contribution in [2.24, 2.45) is 0 Å². The van der Waals surface area contributed by atoms with Crippen molar-refractivity contribution in [1.82, 2.24) is 10.2 Å². The molecule has 1 N–H and O–H groups in total. The molecule has 4 nitrogen and oxygen atoms in total. The number of carbonyl (C=O) groups excluding carboxylic acids is 1. The van der Waals surface area contributed by atoms with Gasteiger partial charge in [0.25, 0.3) is 0 Å². The molecule has 0 radical (unpaired) electrons. The normalized spacial score (nSPS) is 18.4. The second kappa shape index (κ2) is 9.34. The molecule has 1 atom stereocenters. The lowest BCUT2D eigenvalue weighted by Crippen LogP contribution is -2.45. The Morgan fingerprint density at radius 1 is 1.60 bits per heavy atom. The maximum absolute atomic E-state index is 12.2. The third-order valence-electron chi connectivity index (χ3n) is 3.36. The molecule has 1 saturated heterocycles. The number of amides is 1. The average molecular weight is 319 g/mol. The van der Waals surface area contributed by atoms with Gasteiger partial charge in [0.15, 0.2) is 0 Å². The summed E-state index contributed by atoms with van der Waals surface area (Å²) in [6, 6.07) is 4.36. The zero-order valence-electron chi connectivity index (χ0n) is 11.8. The zero-order chi connectivity index (χ0) is 13.5. The molecule has 1 fully saturated rings. The molecule has 1 aromatic heterocycles. The highest BCUT2D eigenvalue weighted by Gasteiger charge is 2.20. The summed E-state index contributed by atoms with van der Waals surface area (Å²) < 4.78 is 5.38. The van der Waals surface area contributed by atoms with Gasteiger partial charge < -0.3 is 15.0 Å². The molecule has 2 heterocycles. The second-order valence-corrected chi connectivity index (χ2v) is 5.77. The molecule has 114 valence electrons. The Bertz CT molecular complexity index is 381. The number of morpholine rings is 1. The van der Waals surface area contributed by atoms with Gasteiger partial charge in [0, 0.05) is 37.0 Å². The fourth-order valence-electron chi connectivity index (χ4n) is 2.25. The summed E-state index contributed by atoms with van der Waals surface area (Å²) in [5.74, 6) is 0.224. The molecule has 2 rings (SSSR count). The summed E-state index contributed by atoms with van der Waals surface area (Å²) in [7, 11) is 0. The third-order valence-corrected chi connectivity index (χ3v) is 4.30. The number of halogens is 1. The highest BCUT2D eigenvalue weighted by atomic mass is 35.5. The van der Waals surface area contributed by atoms with E-state index in [9.17, 15) is 4.79 Å². The number of carbonyl (C=O) groups is 1. The van der Waals surface area contributed by atoms with Crippen molar-refractivity contribution in [3.63, 3.8) is 0 Å². The van der Waals surface area contributed by atoms with Crippen LogP contribution in [0.25, 0.3) is 0 Å². The molecule has 1 unspecified atom stereocenters. The lowest BCUT2D eigenvalue weighted by atomic mass is 10.1. The monoisotopic (exact) mass is 318 g/mol. The topological polar surface area (TPSA) is 41.6 Å². The lowest BCUT2D eigenvalue weighted by molar-refractivity contribution is -0.132. The molecule has 0 aromatic carbocycles. The number of nitrogens with zero attached hydrogens (tertiary/aromatic N) is 1. The molecule has 1 aliphatic rings. The molecule has 0 bridgehead atoms. The van der Waals surface area contributed by atoms with E-state index in [1.165, 1.54) is 4.88 Å².